The Bertz CT molecular complexity index is 3790. The largest absolute Gasteiger partial charge is 0.493 e. The van der Waals surface area contributed by atoms with E-state index in [2.05, 4.69) is 46.7 Å². The van der Waals surface area contributed by atoms with E-state index in [9.17, 15) is 33.6 Å². The number of fused-ring (bicyclic) bond motifs is 4. The smallest absolute Gasteiger partial charge is 0.296 e. The van der Waals surface area contributed by atoms with Gasteiger partial charge in [-0.15, -0.1) is 0 Å². The lowest BCUT2D eigenvalue weighted by Crippen LogP contribution is -2.45. The van der Waals surface area contributed by atoms with E-state index in [4.69, 9.17) is 45.2 Å². The van der Waals surface area contributed by atoms with Crippen LogP contribution in [0.1, 0.15) is 116 Å². The molecule has 5 aromatic carbocycles. The lowest BCUT2D eigenvalue weighted by molar-refractivity contribution is -0.138. The molecule has 5 amide bonds. The minimum Gasteiger partial charge on any atom is -0.493 e. The van der Waals surface area contributed by atoms with Gasteiger partial charge in [-0.2, -0.15) is 0 Å². The Morgan fingerprint density at radius 1 is 0.742 bits per heavy atom. The van der Waals surface area contributed by atoms with E-state index in [1.807, 2.05) is 38.4 Å². The van der Waals surface area contributed by atoms with Crippen molar-refractivity contribution in [2.75, 3.05) is 39.3 Å². The predicted octanol–water partition coefficient (Wildman–Crippen LogP) is 11.0. The van der Waals surface area contributed by atoms with Crippen LogP contribution in [-0.2, 0) is 30.4 Å². The molecule has 0 saturated carbocycles. The van der Waals surface area contributed by atoms with Crippen LogP contribution in [0.3, 0.4) is 0 Å². The van der Waals surface area contributed by atoms with Crippen molar-refractivity contribution in [3.8, 4) is 28.7 Å². The first-order chi connectivity index (χ1) is 43.0. The second-order valence-electron chi connectivity index (χ2n) is 22.8. The van der Waals surface area contributed by atoms with Gasteiger partial charge < -0.3 is 39.2 Å². The molecule has 0 radical (unpaired) electrons. The molecule has 458 valence electrons. The minimum atomic E-state index is -0.806. The molecule has 20 nitrogen and oxygen atoms in total. The number of carbonyl (C=O) groups is 7. The van der Waals surface area contributed by atoms with Crippen molar-refractivity contribution in [3.63, 3.8) is 0 Å². The number of rotatable bonds is 26. The van der Waals surface area contributed by atoms with E-state index >= 15 is 0 Å². The zero-order chi connectivity index (χ0) is 62.9. The first-order valence-electron chi connectivity index (χ1n) is 30.0. The van der Waals surface area contributed by atoms with Gasteiger partial charge in [0.2, 0.25) is 11.8 Å². The number of methoxy groups -OCH3 is 2. The van der Waals surface area contributed by atoms with Crippen molar-refractivity contribution in [3.05, 3.63) is 154 Å². The average molecular weight is 1200 g/mol. The van der Waals surface area contributed by atoms with Gasteiger partial charge in [0.25, 0.3) is 17.7 Å². The molecule has 2 N–H and O–H groups in total. The Morgan fingerprint density at radius 2 is 1.40 bits per heavy atom. The Morgan fingerprint density at radius 3 is 2.07 bits per heavy atom. The van der Waals surface area contributed by atoms with E-state index in [1.54, 1.807) is 78.7 Å². The number of benzene rings is 5. The molecule has 5 heterocycles. The van der Waals surface area contributed by atoms with Crippen LogP contribution < -0.4 is 34.3 Å². The third kappa shape index (κ3) is 14.2. The summed E-state index contributed by atoms with van der Waals surface area (Å²) in [5, 5.41) is 5.74. The first kappa shape index (κ1) is 62.0. The third-order valence-electron chi connectivity index (χ3n) is 16.3. The molecule has 5 atom stereocenters. The van der Waals surface area contributed by atoms with Gasteiger partial charge in [0.15, 0.2) is 46.0 Å². The fourth-order valence-electron chi connectivity index (χ4n) is 11.3. The standard InChI is InChI=1S/C69H70N8O12/c1-8-42-14-16-43(17-15-42)46-30-49-38-72-55-35-60(58(86-7)33-52(55)68(83)77(49)39-46)88-28-12-27-87-59-34-54-51(32-57(59)85-6)66(81)65-45(37-71-54)31-53(74-65)44-18-20-48(21-19-44)73-67(82)41(4)29-56(78)64(40(2)3)75-62(79)13-10-9-11-26-76-63(80)36-61(69(76)84)89-50-24-22-47(70-5)23-25-50/h14-25,32-41,45,49,64-65H,8-13,26-31H2,1-4,6-7H3,(H,73,82)(H,75,79)/t41-,45-,49-,64+,65?/m0/s1. The predicted molar refractivity (Wildman–Crippen MR) is 336 cm³/mol. The minimum absolute atomic E-state index is 0.101. The summed E-state index contributed by atoms with van der Waals surface area (Å²) >= 11 is 0. The highest BCUT2D eigenvalue weighted by molar-refractivity contribution is 6.16. The summed E-state index contributed by atoms with van der Waals surface area (Å²) in [4.78, 5) is 114. The van der Waals surface area contributed by atoms with Gasteiger partial charge in [-0.3, -0.25) is 53.4 Å². The first-order valence-corrected chi connectivity index (χ1v) is 30.0. The van der Waals surface area contributed by atoms with Crippen LogP contribution in [0.2, 0.25) is 0 Å². The SMILES string of the molecule is [C-]#[N+]c1ccc(OC2=CC(=O)N(CCCCCC(=O)N[C@@H](C(=O)C[C@H](C)C(=O)Nc3ccc(C4=NC5C(=O)c6cc(OC)c(OCCCOc7cc8c(cc7OC)C(=O)N7C=C(c9ccc(CC)cc9)C[C@H]7C=N8)cc6N=C[C@@H]5C4)cc3)C(C)C)C2=O)cc1. The topological polar surface area (TPSA) is 238 Å². The van der Waals surface area contributed by atoms with Crippen LogP contribution >= 0.6 is 0 Å². The molecule has 0 spiro atoms. The molecule has 10 rings (SSSR count). The second kappa shape index (κ2) is 27.8. The number of hydrogen-bond donors (Lipinski definition) is 2. The zero-order valence-corrected chi connectivity index (χ0v) is 50.6. The highest BCUT2D eigenvalue weighted by atomic mass is 16.5. The van der Waals surface area contributed by atoms with Crippen molar-refractivity contribution in [2.24, 2.45) is 32.7 Å². The lowest BCUT2D eigenvalue weighted by atomic mass is 9.92. The maximum Gasteiger partial charge on any atom is 0.296 e. The quantitative estimate of drug-likeness (QED) is 0.0299. The number of ketones is 2. The van der Waals surface area contributed by atoms with Crippen LogP contribution in [0.5, 0.6) is 28.7 Å². The molecule has 0 saturated heterocycles. The molecule has 89 heavy (non-hydrogen) atoms. The van der Waals surface area contributed by atoms with Crippen LogP contribution in [0.4, 0.5) is 22.7 Å². The average Bonchev–Trinajstić information content (AvgIpc) is 1.83. The molecule has 5 aromatic rings. The van der Waals surface area contributed by atoms with Gasteiger partial charge in [0, 0.05) is 98.2 Å². The second-order valence-corrected chi connectivity index (χ2v) is 22.8. The molecule has 0 fully saturated rings. The summed E-state index contributed by atoms with van der Waals surface area (Å²) in [5.41, 5.74) is 7.57. The highest BCUT2D eigenvalue weighted by Crippen LogP contribution is 2.42. The molecule has 20 heteroatoms. The lowest BCUT2D eigenvalue weighted by Gasteiger charge is -2.23. The van der Waals surface area contributed by atoms with Crippen LogP contribution in [-0.4, -0.2) is 121 Å². The number of anilines is 1. The molecule has 0 bridgehead atoms. The Hall–Kier alpha value is -10.0. The van der Waals surface area contributed by atoms with E-state index in [0.29, 0.717) is 101 Å². The molecular weight excluding hydrogens is 1130 g/mol. The zero-order valence-electron chi connectivity index (χ0n) is 50.6. The van der Waals surface area contributed by atoms with Gasteiger partial charge in [-0.25, -0.2) is 4.85 Å². The van der Waals surface area contributed by atoms with Gasteiger partial charge in [-0.05, 0) is 83.8 Å². The maximum absolute atomic E-state index is 14.2. The molecular formula is C69H70N8O12. The number of aliphatic imine (C=N–C) groups is 3. The number of unbranched alkanes of at least 4 members (excludes halogenated alkanes) is 2. The normalized spacial score (nSPS) is 17.9. The number of imide groups is 1. The number of ether oxygens (including phenoxy) is 5. The van der Waals surface area contributed by atoms with Crippen molar-refractivity contribution >= 4 is 87.6 Å². The number of Topliss-reactive ketones (excluding diaryl/α,β-unsaturated/α-hetero) is 2. The van der Waals surface area contributed by atoms with E-state index in [1.165, 1.54) is 19.8 Å². The maximum atomic E-state index is 14.2. The molecule has 0 aliphatic carbocycles. The van der Waals surface area contributed by atoms with E-state index in [0.717, 1.165) is 39.8 Å². The summed E-state index contributed by atoms with van der Waals surface area (Å²) < 4.78 is 29.3. The van der Waals surface area contributed by atoms with Crippen molar-refractivity contribution < 1.29 is 57.2 Å². The Labute approximate surface area is 516 Å². The number of hydrogen-bond acceptors (Lipinski definition) is 15. The fraction of sp³-hybridized carbons (Fsp3) is 0.348. The van der Waals surface area contributed by atoms with Crippen molar-refractivity contribution in [1.82, 2.24) is 15.1 Å². The monoisotopic (exact) mass is 1200 g/mol. The van der Waals surface area contributed by atoms with Gasteiger partial charge in [-0.1, -0.05) is 82.6 Å². The highest BCUT2D eigenvalue weighted by Gasteiger charge is 2.39. The summed E-state index contributed by atoms with van der Waals surface area (Å²) in [6, 6.07) is 26.8. The number of amides is 5. The van der Waals surface area contributed by atoms with Crippen LogP contribution in [0, 0.1) is 24.3 Å². The van der Waals surface area contributed by atoms with Gasteiger partial charge in [0.1, 0.15) is 11.8 Å². The summed E-state index contributed by atoms with van der Waals surface area (Å²) in [5.74, 6) is -1.77. The molecule has 1 unspecified atom stereocenters. The van der Waals surface area contributed by atoms with E-state index < -0.39 is 29.8 Å². The summed E-state index contributed by atoms with van der Waals surface area (Å²) in [6.45, 7) is 15.2. The number of nitrogens with one attached hydrogen (secondary N) is 2. The molecule has 5 aliphatic rings. The molecule has 5 aliphatic heterocycles. The van der Waals surface area contributed by atoms with Crippen LogP contribution in [0.25, 0.3) is 10.4 Å². The number of aryl methyl sites for hydroxylation is 1. The number of nitrogens with zero attached hydrogens (tertiary/aromatic N) is 6. The molecule has 0 aromatic heterocycles. The van der Waals surface area contributed by atoms with Crippen molar-refractivity contribution in [1.29, 1.82) is 0 Å². The van der Waals surface area contributed by atoms with Crippen molar-refractivity contribution in [2.45, 2.75) is 104 Å². The summed E-state index contributed by atoms with van der Waals surface area (Å²) in [6.07, 6.45) is 10.7. The Balaban J connectivity index is 0.659. The Kier molecular flexibility index (Phi) is 19.4. The van der Waals surface area contributed by atoms with Crippen LogP contribution in [0.15, 0.2) is 130 Å². The third-order valence-corrected chi connectivity index (χ3v) is 16.3. The fourth-order valence-corrected chi connectivity index (χ4v) is 11.3. The van der Waals surface area contributed by atoms with Gasteiger partial charge >= 0.3 is 0 Å². The number of carbonyl (C=O) groups excluding carboxylic acids is 7. The van der Waals surface area contributed by atoms with Gasteiger partial charge in [0.05, 0.1) is 69.1 Å². The van der Waals surface area contributed by atoms with E-state index in [-0.39, 0.29) is 85.5 Å². The summed E-state index contributed by atoms with van der Waals surface area (Å²) in [7, 11) is 3.04.